The molecule has 3 amide bonds. The number of rotatable bonds is 5. The Hall–Kier alpha value is -5.36. The van der Waals surface area contributed by atoms with Gasteiger partial charge in [0.2, 0.25) is 11.8 Å². The molecule has 1 atom stereocenters. The van der Waals surface area contributed by atoms with E-state index in [1.54, 1.807) is 54.7 Å². The normalized spacial score (nSPS) is 15.7. The van der Waals surface area contributed by atoms with E-state index in [-0.39, 0.29) is 18.2 Å². The molecule has 12 nitrogen and oxygen atoms in total. The maximum Gasteiger partial charge on any atom is 0.411 e. The molecule has 0 saturated heterocycles. The van der Waals surface area contributed by atoms with Gasteiger partial charge in [-0.25, -0.2) is 4.79 Å². The number of benzene rings is 2. The highest BCUT2D eigenvalue weighted by Crippen LogP contribution is 2.33. The zero-order valence-electron chi connectivity index (χ0n) is 23.0. The molecule has 5 rings (SSSR count). The Labute approximate surface area is 251 Å². The maximum absolute atomic E-state index is 13.2. The number of carbonyl (C=O) groups is 3. The summed E-state index contributed by atoms with van der Waals surface area (Å²) < 4.78 is 6.17. The lowest BCUT2D eigenvalue weighted by atomic mass is 10.00. The number of aromatic nitrogens is 5. The highest BCUT2D eigenvalue weighted by molar-refractivity contribution is 6.30. The Morgan fingerprint density at radius 2 is 2.02 bits per heavy atom. The third-order valence-electron chi connectivity index (χ3n) is 6.58. The highest BCUT2D eigenvalue weighted by atomic mass is 35.5. The van der Waals surface area contributed by atoms with Crippen molar-refractivity contribution in [3.8, 4) is 16.8 Å². The molecule has 0 unspecified atom stereocenters. The number of nitrogens with zero attached hydrogens (tertiary/aromatic N) is 5. The number of carbonyl (C=O) groups excluding carboxylic acids is 3. The first-order valence-electron chi connectivity index (χ1n) is 13.3. The van der Waals surface area contributed by atoms with Crippen molar-refractivity contribution in [3.63, 3.8) is 0 Å². The van der Waals surface area contributed by atoms with Crippen LogP contribution < -0.4 is 16.0 Å². The van der Waals surface area contributed by atoms with Gasteiger partial charge in [0.15, 0.2) is 0 Å². The molecule has 0 spiro atoms. The third kappa shape index (κ3) is 7.49. The second-order valence-electron chi connectivity index (χ2n) is 9.50. The van der Waals surface area contributed by atoms with E-state index < -0.39 is 12.1 Å². The van der Waals surface area contributed by atoms with E-state index in [1.807, 2.05) is 18.2 Å². The van der Waals surface area contributed by atoms with Crippen molar-refractivity contribution in [2.75, 3.05) is 17.7 Å². The van der Waals surface area contributed by atoms with E-state index in [4.69, 9.17) is 11.6 Å². The quantitative estimate of drug-likeness (QED) is 0.212. The van der Waals surface area contributed by atoms with E-state index in [9.17, 15) is 14.4 Å². The van der Waals surface area contributed by atoms with Crippen molar-refractivity contribution in [2.45, 2.75) is 25.3 Å². The largest absolute Gasteiger partial charge is 0.453 e. The molecule has 2 aromatic heterocycles. The summed E-state index contributed by atoms with van der Waals surface area (Å²) in [7, 11) is 1.27. The summed E-state index contributed by atoms with van der Waals surface area (Å²) in [5, 5.41) is 20.4. The standard InChI is InChI=1S/C30H27ClN8O4/c1-43-30(42)34-22-9-10-23-19-13-14-32-26(16-19)24(5-3-2-4-6-28(40)36-25(23)17-22)35-29(41)12-7-20-15-21(31)8-11-27(20)39-18-33-37-38-39/h2,4,7-18,24H,3,5-6H2,1H3,(H,34,42)(H,35,41)(H,36,40)/b4-2+,12-7+/t24-/m0/s1. The Bertz CT molecular complexity index is 1700. The second kappa shape index (κ2) is 13.5. The first kappa shape index (κ1) is 29.1. The minimum Gasteiger partial charge on any atom is -0.453 e. The van der Waals surface area contributed by atoms with Crippen LogP contribution in [0.5, 0.6) is 0 Å². The molecule has 0 saturated carbocycles. The first-order valence-corrected chi connectivity index (χ1v) is 13.7. The van der Waals surface area contributed by atoms with Gasteiger partial charge in [-0.3, -0.25) is 19.9 Å². The Balaban J connectivity index is 1.43. The van der Waals surface area contributed by atoms with Crippen LogP contribution in [0.2, 0.25) is 5.02 Å². The van der Waals surface area contributed by atoms with Gasteiger partial charge < -0.3 is 15.4 Å². The summed E-state index contributed by atoms with van der Waals surface area (Å²) in [6, 6.07) is 13.6. The summed E-state index contributed by atoms with van der Waals surface area (Å²) in [6.45, 7) is 0. The average Bonchev–Trinajstić information content (AvgIpc) is 3.54. The van der Waals surface area contributed by atoms with Crippen LogP contribution in [-0.2, 0) is 14.3 Å². The van der Waals surface area contributed by atoms with Crippen molar-refractivity contribution in [1.29, 1.82) is 0 Å². The lowest BCUT2D eigenvalue weighted by Crippen LogP contribution is -2.27. The maximum atomic E-state index is 13.2. The molecule has 0 fully saturated rings. The number of allylic oxidation sites excluding steroid dienone is 1. The van der Waals surface area contributed by atoms with E-state index >= 15 is 0 Å². The molecule has 13 heteroatoms. The van der Waals surface area contributed by atoms with Gasteiger partial charge in [0, 0.05) is 40.5 Å². The van der Waals surface area contributed by atoms with Crippen LogP contribution in [-0.4, -0.2) is 50.2 Å². The van der Waals surface area contributed by atoms with Gasteiger partial charge >= 0.3 is 6.09 Å². The minimum atomic E-state index is -0.625. The molecule has 2 aromatic carbocycles. The number of ether oxygens (including phenoxy) is 1. The van der Waals surface area contributed by atoms with Crippen LogP contribution in [0, 0.1) is 0 Å². The molecule has 4 aromatic rings. The fourth-order valence-electron chi connectivity index (χ4n) is 4.54. The lowest BCUT2D eigenvalue weighted by molar-refractivity contribution is -0.117. The third-order valence-corrected chi connectivity index (χ3v) is 6.82. The Morgan fingerprint density at radius 3 is 2.84 bits per heavy atom. The highest BCUT2D eigenvalue weighted by Gasteiger charge is 2.18. The SMILES string of the molecule is COC(=O)Nc1ccc2c(c1)NC(=O)C/C=C/CC[C@H](NC(=O)/C=C/c1cc(Cl)ccc1-n1cnnn1)c1cc-2ccn1. The molecule has 0 radical (unpaired) electrons. The molecule has 2 bridgehead atoms. The number of hydrogen-bond donors (Lipinski definition) is 3. The van der Waals surface area contributed by atoms with Crippen molar-refractivity contribution in [1.82, 2.24) is 30.5 Å². The van der Waals surface area contributed by atoms with Crippen LogP contribution in [0.25, 0.3) is 22.9 Å². The Kier molecular flexibility index (Phi) is 9.17. The van der Waals surface area contributed by atoms with Gasteiger partial charge in [0.05, 0.1) is 30.2 Å². The monoisotopic (exact) mass is 598 g/mol. The lowest BCUT2D eigenvalue weighted by Gasteiger charge is -2.18. The van der Waals surface area contributed by atoms with Gasteiger partial charge in [0.1, 0.15) is 6.33 Å². The number of tetrazole rings is 1. The smallest absolute Gasteiger partial charge is 0.411 e. The summed E-state index contributed by atoms with van der Waals surface area (Å²) in [4.78, 5) is 42.2. The minimum absolute atomic E-state index is 0.160. The van der Waals surface area contributed by atoms with Crippen LogP contribution >= 0.6 is 11.6 Å². The molecule has 1 aliphatic heterocycles. The number of nitrogens with one attached hydrogen (secondary N) is 3. The van der Waals surface area contributed by atoms with Crippen LogP contribution in [0.4, 0.5) is 16.2 Å². The summed E-state index contributed by atoms with van der Waals surface area (Å²) in [6.07, 6.45) is 10.6. The van der Waals surface area contributed by atoms with Crippen LogP contribution in [0.1, 0.15) is 36.6 Å². The Morgan fingerprint density at radius 1 is 1.14 bits per heavy atom. The van der Waals surface area contributed by atoms with Gasteiger partial charge in [-0.2, -0.15) is 4.68 Å². The van der Waals surface area contributed by atoms with E-state index in [0.29, 0.717) is 46.2 Å². The zero-order valence-corrected chi connectivity index (χ0v) is 23.8. The fraction of sp³-hybridized carbons (Fsp3) is 0.167. The summed E-state index contributed by atoms with van der Waals surface area (Å²) >= 11 is 6.21. The number of pyridine rings is 1. The number of anilines is 2. The van der Waals surface area contributed by atoms with E-state index in [0.717, 1.165) is 11.1 Å². The average molecular weight is 599 g/mol. The van der Waals surface area contributed by atoms with Gasteiger partial charge in [-0.15, -0.1) is 5.10 Å². The predicted octanol–water partition coefficient (Wildman–Crippen LogP) is 5.11. The number of halogens is 1. The number of fused-ring (bicyclic) bond motifs is 4. The van der Waals surface area contributed by atoms with Crippen LogP contribution in [0.15, 0.2) is 79.3 Å². The van der Waals surface area contributed by atoms with Crippen molar-refractivity contribution in [3.05, 3.63) is 95.6 Å². The number of amides is 3. The molecular weight excluding hydrogens is 572 g/mol. The molecule has 1 aliphatic rings. The zero-order chi connectivity index (χ0) is 30.2. The summed E-state index contributed by atoms with van der Waals surface area (Å²) in [5.74, 6) is -0.540. The molecule has 3 heterocycles. The second-order valence-corrected chi connectivity index (χ2v) is 9.94. The van der Waals surface area contributed by atoms with Gasteiger partial charge in [-0.1, -0.05) is 29.8 Å². The molecule has 3 N–H and O–H groups in total. The topological polar surface area (TPSA) is 153 Å². The molecule has 43 heavy (non-hydrogen) atoms. The molecule has 0 aliphatic carbocycles. The number of hydrogen-bond acceptors (Lipinski definition) is 8. The number of methoxy groups -OCH3 is 1. The summed E-state index contributed by atoms with van der Waals surface area (Å²) in [5.41, 5.74) is 4.42. The van der Waals surface area contributed by atoms with E-state index in [1.165, 1.54) is 24.2 Å². The predicted molar refractivity (Wildman–Crippen MR) is 161 cm³/mol. The van der Waals surface area contributed by atoms with Crippen molar-refractivity contribution in [2.24, 2.45) is 0 Å². The van der Waals surface area contributed by atoms with Crippen LogP contribution in [0.3, 0.4) is 0 Å². The molecule has 218 valence electrons. The first-order chi connectivity index (χ1) is 20.9. The fourth-order valence-corrected chi connectivity index (χ4v) is 4.72. The van der Waals surface area contributed by atoms with Gasteiger partial charge in [0.25, 0.3) is 0 Å². The van der Waals surface area contributed by atoms with E-state index in [2.05, 4.69) is 41.2 Å². The van der Waals surface area contributed by atoms with Crippen molar-refractivity contribution < 1.29 is 19.1 Å². The molecular formula is C30H27ClN8O4. The van der Waals surface area contributed by atoms with Gasteiger partial charge in [-0.05, 0) is 77.4 Å². The van der Waals surface area contributed by atoms with Crippen molar-refractivity contribution >= 4 is 47.0 Å².